The molecule has 1 amide bonds. The molecule has 1 atom stereocenters. The zero-order chi connectivity index (χ0) is 15.4. The molecular formula is C14H19N3O4. The van der Waals surface area contributed by atoms with Crippen LogP contribution in [0.3, 0.4) is 0 Å². The first-order valence-corrected chi connectivity index (χ1v) is 6.86. The number of nitrogens with zero attached hydrogens (tertiary/aromatic N) is 2. The molecule has 1 saturated heterocycles. The Morgan fingerprint density at radius 3 is 2.95 bits per heavy atom. The summed E-state index contributed by atoms with van der Waals surface area (Å²) >= 11 is 0. The van der Waals surface area contributed by atoms with E-state index in [9.17, 15) is 14.9 Å². The van der Waals surface area contributed by atoms with Crippen molar-refractivity contribution in [2.45, 2.75) is 12.8 Å². The number of hydrogen-bond acceptors (Lipinski definition) is 5. The number of ether oxygens (including phenoxy) is 1. The third-order valence-corrected chi connectivity index (χ3v) is 3.61. The largest absolute Gasteiger partial charge is 0.393 e. The molecule has 1 heterocycles. The normalized spacial score (nSPS) is 18.2. The van der Waals surface area contributed by atoms with Gasteiger partial charge >= 0.3 is 0 Å². The molecule has 7 nitrogen and oxygen atoms in total. The summed E-state index contributed by atoms with van der Waals surface area (Å²) in [6.07, 6.45) is 2.03. The Morgan fingerprint density at radius 1 is 1.57 bits per heavy atom. The van der Waals surface area contributed by atoms with Gasteiger partial charge in [-0.25, -0.2) is 0 Å². The predicted octanol–water partition coefficient (Wildman–Crippen LogP) is 1.68. The van der Waals surface area contributed by atoms with E-state index in [4.69, 9.17) is 10.5 Å². The Labute approximate surface area is 122 Å². The Bertz CT molecular complexity index is 541. The molecule has 1 aliphatic heterocycles. The number of carbonyl (C=O) groups excluding carboxylic acids is 1. The van der Waals surface area contributed by atoms with E-state index in [-0.39, 0.29) is 22.8 Å². The van der Waals surface area contributed by atoms with E-state index in [0.717, 1.165) is 19.4 Å². The predicted molar refractivity (Wildman–Crippen MR) is 78.0 cm³/mol. The number of nitro benzene ring substituents is 1. The molecule has 0 aliphatic carbocycles. The molecule has 1 fully saturated rings. The number of hydrogen-bond donors (Lipinski definition) is 1. The van der Waals surface area contributed by atoms with E-state index >= 15 is 0 Å². The maximum atomic E-state index is 12.3. The number of anilines is 1. The second-order valence-electron chi connectivity index (χ2n) is 5.30. The number of carbonyl (C=O) groups is 1. The van der Waals surface area contributed by atoms with Crippen LogP contribution in [0.1, 0.15) is 23.2 Å². The number of nitro groups is 1. The Kier molecular flexibility index (Phi) is 4.74. The zero-order valence-electron chi connectivity index (χ0n) is 11.9. The monoisotopic (exact) mass is 293 g/mol. The SMILES string of the molecule is CN(CC1CCCOC1)C(=O)c1ccc(N)c([N+](=O)[O-])c1. The van der Waals surface area contributed by atoms with Crippen LogP contribution in [0.4, 0.5) is 11.4 Å². The summed E-state index contributed by atoms with van der Waals surface area (Å²) in [5.41, 5.74) is 5.62. The first-order chi connectivity index (χ1) is 9.99. The van der Waals surface area contributed by atoms with E-state index in [1.165, 1.54) is 18.2 Å². The summed E-state index contributed by atoms with van der Waals surface area (Å²) in [5, 5.41) is 10.9. The van der Waals surface area contributed by atoms with Gasteiger partial charge in [-0.05, 0) is 30.9 Å². The van der Waals surface area contributed by atoms with Crippen molar-refractivity contribution in [2.75, 3.05) is 32.5 Å². The van der Waals surface area contributed by atoms with Gasteiger partial charge in [0.15, 0.2) is 0 Å². The highest BCUT2D eigenvalue weighted by Crippen LogP contribution is 2.23. The minimum Gasteiger partial charge on any atom is -0.393 e. The lowest BCUT2D eigenvalue weighted by molar-refractivity contribution is -0.383. The van der Waals surface area contributed by atoms with E-state index in [0.29, 0.717) is 19.1 Å². The topological polar surface area (TPSA) is 98.7 Å². The van der Waals surface area contributed by atoms with Gasteiger partial charge in [0.2, 0.25) is 0 Å². The molecule has 21 heavy (non-hydrogen) atoms. The Morgan fingerprint density at radius 2 is 2.33 bits per heavy atom. The fraction of sp³-hybridized carbons (Fsp3) is 0.500. The van der Waals surface area contributed by atoms with Gasteiger partial charge in [-0.2, -0.15) is 0 Å². The van der Waals surface area contributed by atoms with Crippen LogP contribution in [-0.2, 0) is 4.74 Å². The van der Waals surface area contributed by atoms with Crippen molar-refractivity contribution < 1.29 is 14.5 Å². The Hall–Kier alpha value is -2.15. The smallest absolute Gasteiger partial charge is 0.292 e. The molecule has 1 unspecified atom stereocenters. The highest BCUT2D eigenvalue weighted by atomic mass is 16.6. The van der Waals surface area contributed by atoms with Crippen LogP contribution >= 0.6 is 0 Å². The first kappa shape index (κ1) is 15.2. The third-order valence-electron chi connectivity index (χ3n) is 3.61. The van der Waals surface area contributed by atoms with E-state index in [1.807, 2.05) is 0 Å². The van der Waals surface area contributed by atoms with Gasteiger partial charge < -0.3 is 15.4 Å². The molecule has 1 aromatic rings. The summed E-state index contributed by atoms with van der Waals surface area (Å²) in [5.74, 6) is 0.0696. The lowest BCUT2D eigenvalue weighted by atomic mass is 10.0. The molecule has 2 N–H and O–H groups in total. The second-order valence-corrected chi connectivity index (χ2v) is 5.30. The van der Waals surface area contributed by atoms with Crippen LogP contribution in [-0.4, -0.2) is 42.5 Å². The Balaban J connectivity index is 2.08. The van der Waals surface area contributed by atoms with Crippen molar-refractivity contribution in [3.8, 4) is 0 Å². The molecule has 1 aliphatic rings. The van der Waals surface area contributed by atoms with Crippen molar-refractivity contribution >= 4 is 17.3 Å². The fourth-order valence-corrected chi connectivity index (χ4v) is 2.48. The minimum atomic E-state index is -0.582. The number of nitrogen functional groups attached to an aromatic ring is 1. The molecule has 0 saturated carbocycles. The van der Waals surface area contributed by atoms with Crippen LogP contribution in [0.2, 0.25) is 0 Å². The summed E-state index contributed by atoms with van der Waals surface area (Å²) < 4.78 is 5.39. The van der Waals surface area contributed by atoms with Gasteiger partial charge in [0.25, 0.3) is 11.6 Å². The van der Waals surface area contributed by atoms with Crippen LogP contribution < -0.4 is 5.73 Å². The van der Waals surface area contributed by atoms with Crippen LogP contribution in [0.25, 0.3) is 0 Å². The van der Waals surface area contributed by atoms with Crippen LogP contribution in [0.5, 0.6) is 0 Å². The maximum absolute atomic E-state index is 12.3. The van der Waals surface area contributed by atoms with Gasteiger partial charge in [-0.15, -0.1) is 0 Å². The quantitative estimate of drug-likeness (QED) is 0.517. The molecule has 0 bridgehead atoms. The third kappa shape index (κ3) is 3.69. The lowest BCUT2D eigenvalue weighted by Crippen LogP contribution is -2.35. The molecule has 7 heteroatoms. The lowest BCUT2D eigenvalue weighted by Gasteiger charge is -2.27. The number of nitrogens with two attached hydrogens (primary N) is 1. The molecule has 114 valence electrons. The van der Waals surface area contributed by atoms with Gasteiger partial charge in [0.1, 0.15) is 5.69 Å². The standard InChI is InChI=1S/C14H19N3O4/c1-16(8-10-3-2-6-21-9-10)14(18)11-4-5-12(15)13(7-11)17(19)20/h4-5,7,10H,2-3,6,8-9,15H2,1H3. The highest BCUT2D eigenvalue weighted by Gasteiger charge is 2.21. The van der Waals surface area contributed by atoms with Crippen LogP contribution in [0.15, 0.2) is 18.2 Å². The van der Waals surface area contributed by atoms with Gasteiger partial charge in [-0.3, -0.25) is 14.9 Å². The fourth-order valence-electron chi connectivity index (χ4n) is 2.48. The van der Waals surface area contributed by atoms with Crippen molar-refractivity contribution in [1.29, 1.82) is 0 Å². The maximum Gasteiger partial charge on any atom is 0.292 e. The number of benzene rings is 1. The van der Waals surface area contributed by atoms with Crippen LogP contribution in [0, 0.1) is 16.0 Å². The van der Waals surface area contributed by atoms with Crippen molar-refractivity contribution in [3.05, 3.63) is 33.9 Å². The van der Waals surface area contributed by atoms with E-state index in [1.54, 1.807) is 11.9 Å². The molecular weight excluding hydrogens is 274 g/mol. The molecule has 1 aromatic carbocycles. The number of amides is 1. The zero-order valence-corrected chi connectivity index (χ0v) is 11.9. The van der Waals surface area contributed by atoms with Crippen molar-refractivity contribution in [2.24, 2.45) is 5.92 Å². The van der Waals surface area contributed by atoms with Crippen molar-refractivity contribution in [3.63, 3.8) is 0 Å². The van der Waals surface area contributed by atoms with Gasteiger partial charge in [-0.1, -0.05) is 0 Å². The minimum absolute atomic E-state index is 0.0554. The average molecular weight is 293 g/mol. The molecule has 0 spiro atoms. The molecule has 0 radical (unpaired) electrons. The molecule has 0 aromatic heterocycles. The van der Waals surface area contributed by atoms with E-state index < -0.39 is 4.92 Å². The van der Waals surface area contributed by atoms with Crippen molar-refractivity contribution in [1.82, 2.24) is 4.90 Å². The molecule has 2 rings (SSSR count). The summed E-state index contributed by atoms with van der Waals surface area (Å²) in [4.78, 5) is 24.2. The summed E-state index contributed by atoms with van der Waals surface area (Å²) in [6, 6.07) is 4.13. The summed E-state index contributed by atoms with van der Waals surface area (Å²) in [6.45, 7) is 2.01. The summed E-state index contributed by atoms with van der Waals surface area (Å²) in [7, 11) is 1.69. The second kappa shape index (κ2) is 6.53. The van der Waals surface area contributed by atoms with Gasteiger partial charge in [0, 0.05) is 31.8 Å². The highest BCUT2D eigenvalue weighted by molar-refractivity contribution is 5.95. The number of rotatable bonds is 4. The first-order valence-electron chi connectivity index (χ1n) is 6.86. The van der Waals surface area contributed by atoms with Gasteiger partial charge in [0.05, 0.1) is 11.5 Å². The van der Waals surface area contributed by atoms with E-state index in [2.05, 4.69) is 0 Å². The average Bonchev–Trinajstić information content (AvgIpc) is 2.47.